The van der Waals surface area contributed by atoms with E-state index in [-0.39, 0.29) is 18.2 Å². The first-order valence-corrected chi connectivity index (χ1v) is 6.70. The van der Waals surface area contributed by atoms with Crippen molar-refractivity contribution in [1.29, 1.82) is 0 Å². The summed E-state index contributed by atoms with van der Waals surface area (Å²) >= 11 is 6.07. The third kappa shape index (κ3) is 3.64. The van der Waals surface area contributed by atoms with Crippen molar-refractivity contribution >= 4 is 23.4 Å². The van der Waals surface area contributed by atoms with E-state index in [0.717, 1.165) is 0 Å². The molecular formula is C15H15ClN2O3. The smallest absolute Gasteiger partial charge is 0.287 e. The number of benzene rings is 1. The van der Waals surface area contributed by atoms with E-state index in [1.807, 2.05) is 12.1 Å². The molecule has 1 heterocycles. The average Bonchev–Trinajstić information content (AvgIpc) is 2.94. The van der Waals surface area contributed by atoms with Crippen LogP contribution >= 0.6 is 11.6 Å². The van der Waals surface area contributed by atoms with Gasteiger partial charge in [0, 0.05) is 19.7 Å². The number of likely N-dealkylation sites (N-methyl/N-ethyl adjacent to an activating group) is 1. The topological polar surface area (TPSA) is 62.6 Å². The van der Waals surface area contributed by atoms with E-state index < -0.39 is 5.91 Å². The van der Waals surface area contributed by atoms with E-state index >= 15 is 0 Å². The van der Waals surface area contributed by atoms with Crippen LogP contribution in [-0.4, -0.2) is 37.4 Å². The highest BCUT2D eigenvalue weighted by atomic mass is 35.5. The fourth-order valence-corrected chi connectivity index (χ4v) is 1.90. The molecule has 1 aromatic heterocycles. The zero-order valence-electron chi connectivity index (χ0n) is 11.7. The summed E-state index contributed by atoms with van der Waals surface area (Å²) in [6.45, 7) is -0.0754. The van der Waals surface area contributed by atoms with E-state index in [2.05, 4.69) is 5.32 Å². The van der Waals surface area contributed by atoms with Crippen molar-refractivity contribution in [3.8, 4) is 11.3 Å². The van der Waals surface area contributed by atoms with Gasteiger partial charge in [-0.1, -0.05) is 23.7 Å². The molecule has 1 aromatic carbocycles. The summed E-state index contributed by atoms with van der Waals surface area (Å²) < 4.78 is 5.48. The second kappa shape index (κ2) is 6.45. The van der Waals surface area contributed by atoms with Gasteiger partial charge in [0.25, 0.3) is 5.91 Å². The second-order valence-corrected chi connectivity index (χ2v) is 5.02. The molecule has 0 spiro atoms. The number of carbonyl (C=O) groups excluding carboxylic acids is 2. The number of hydrogen-bond donors (Lipinski definition) is 1. The van der Waals surface area contributed by atoms with Crippen LogP contribution in [0.4, 0.5) is 0 Å². The maximum absolute atomic E-state index is 11.9. The van der Waals surface area contributed by atoms with Crippen molar-refractivity contribution in [2.45, 2.75) is 0 Å². The second-order valence-electron chi connectivity index (χ2n) is 4.61. The van der Waals surface area contributed by atoms with Gasteiger partial charge in [-0.25, -0.2) is 0 Å². The van der Waals surface area contributed by atoms with Gasteiger partial charge in [0.05, 0.1) is 11.6 Å². The number of nitrogens with zero attached hydrogens (tertiary/aromatic N) is 1. The van der Waals surface area contributed by atoms with E-state index in [4.69, 9.17) is 16.0 Å². The van der Waals surface area contributed by atoms with Crippen LogP contribution in [0.5, 0.6) is 0 Å². The van der Waals surface area contributed by atoms with Gasteiger partial charge in [-0.3, -0.25) is 9.59 Å². The van der Waals surface area contributed by atoms with Crippen molar-refractivity contribution in [3.05, 3.63) is 47.2 Å². The van der Waals surface area contributed by atoms with Gasteiger partial charge in [-0.2, -0.15) is 0 Å². The molecule has 0 aliphatic carbocycles. The van der Waals surface area contributed by atoms with E-state index in [1.54, 1.807) is 38.4 Å². The summed E-state index contributed by atoms with van der Waals surface area (Å²) in [5, 5.41) is 3.05. The fraction of sp³-hybridized carbons (Fsp3) is 0.200. The number of rotatable bonds is 4. The Kier molecular flexibility index (Phi) is 4.65. The lowest BCUT2D eigenvalue weighted by Crippen LogP contribution is -2.36. The highest BCUT2D eigenvalue weighted by Gasteiger charge is 2.14. The minimum absolute atomic E-state index is 0.0754. The van der Waals surface area contributed by atoms with Crippen LogP contribution < -0.4 is 5.32 Å². The number of halogens is 1. The lowest BCUT2D eigenvalue weighted by atomic mass is 10.2. The highest BCUT2D eigenvalue weighted by molar-refractivity contribution is 6.33. The van der Waals surface area contributed by atoms with Gasteiger partial charge >= 0.3 is 0 Å². The maximum atomic E-state index is 11.9. The third-order valence-electron chi connectivity index (χ3n) is 2.87. The van der Waals surface area contributed by atoms with Crippen molar-refractivity contribution < 1.29 is 14.0 Å². The zero-order valence-corrected chi connectivity index (χ0v) is 12.5. The summed E-state index contributed by atoms with van der Waals surface area (Å²) in [6.07, 6.45) is 0. The molecule has 0 radical (unpaired) electrons. The van der Waals surface area contributed by atoms with Crippen LogP contribution in [0, 0.1) is 0 Å². The Bertz CT molecular complexity index is 664. The van der Waals surface area contributed by atoms with Gasteiger partial charge in [0.15, 0.2) is 5.76 Å². The first-order chi connectivity index (χ1) is 9.99. The molecule has 1 N–H and O–H groups in total. The van der Waals surface area contributed by atoms with Crippen molar-refractivity contribution in [2.75, 3.05) is 20.6 Å². The molecule has 6 heteroatoms. The summed E-state index contributed by atoms with van der Waals surface area (Å²) in [4.78, 5) is 24.7. The zero-order chi connectivity index (χ0) is 15.4. The first-order valence-electron chi connectivity index (χ1n) is 6.32. The van der Waals surface area contributed by atoms with Crippen LogP contribution in [0.15, 0.2) is 40.8 Å². The summed E-state index contributed by atoms with van der Waals surface area (Å²) in [5.74, 6) is 0.00546. The molecule has 0 bridgehead atoms. The maximum Gasteiger partial charge on any atom is 0.287 e. The summed E-state index contributed by atoms with van der Waals surface area (Å²) in [5.41, 5.74) is 0.711. The molecule has 0 unspecified atom stereocenters. The molecule has 2 amide bonds. The average molecular weight is 307 g/mol. The van der Waals surface area contributed by atoms with Crippen LogP contribution in [0.1, 0.15) is 10.6 Å². The monoisotopic (exact) mass is 306 g/mol. The summed E-state index contributed by atoms with van der Waals surface area (Å²) in [6, 6.07) is 10.4. The van der Waals surface area contributed by atoms with Crippen molar-refractivity contribution in [1.82, 2.24) is 10.2 Å². The van der Waals surface area contributed by atoms with E-state index in [0.29, 0.717) is 16.3 Å². The number of nitrogens with one attached hydrogen (secondary N) is 1. The Labute approximate surface area is 127 Å². The molecule has 5 nitrogen and oxygen atoms in total. The lowest BCUT2D eigenvalue weighted by Gasteiger charge is -2.10. The predicted octanol–water partition coefficient (Wildman–Crippen LogP) is 2.42. The Morgan fingerprint density at radius 2 is 1.90 bits per heavy atom. The van der Waals surface area contributed by atoms with Crippen molar-refractivity contribution in [2.24, 2.45) is 0 Å². The molecular weight excluding hydrogens is 292 g/mol. The van der Waals surface area contributed by atoms with Crippen molar-refractivity contribution in [3.63, 3.8) is 0 Å². The van der Waals surface area contributed by atoms with Gasteiger partial charge in [0.2, 0.25) is 5.91 Å². The fourth-order valence-electron chi connectivity index (χ4n) is 1.67. The Balaban J connectivity index is 2.08. The third-order valence-corrected chi connectivity index (χ3v) is 3.20. The quantitative estimate of drug-likeness (QED) is 0.943. The number of carbonyl (C=O) groups is 2. The molecule has 21 heavy (non-hydrogen) atoms. The molecule has 0 aliphatic rings. The molecule has 0 atom stereocenters. The van der Waals surface area contributed by atoms with Crippen LogP contribution in [0.3, 0.4) is 0 Å². The normalized spacial score (nSPS) is 10.2. The Morgan fingerprint density at radius 3 is 2.57 bits per heavy atom. The van der Waals surface area contributed by atoms with E-state index in [1.165, 1.54) is 4.90 Å². The van der Waals surface area contributed by atoms with Gasteiger partial charge < -0.3 is 14.6 Å². The van der Waals surface area contributed by atoms with Gasteiger partial charge in [-0.15, -0.1) is 0 Å². The molecule has 0 fully saturated rings. The molecule has 110 valence electrons. The first kappa shape index (κ1) is 15.1. The highest BCUT2D eigenvalue weighted by Crippen LogP contribution is 2.28. The van der Waals surface area contributed by atoms with Crippen LogP contribution in [-0.2, 0) is 4.79 Å². The molecule has 0 aliphatic heterocycles. The van der Waals surface area contributed by atoms with Crippen LogP contribution in [0.2, 0.25) is 5.02 Å². The number of furan rings is 1. The number of amides is 2. The van der Waals surface area contributed by atoms with Gasteiger partial charge in [0.1, 0.15) is 5.76 Å². The Hall–Kier alpha value is -2.27. The SMILES string of the molecule is CN(C)C(=O)CNC(=O)c1ccc(-c2ccccc2Cl)o1. The molecule has 2 rings (SSSR count). The minimum atomic E-state index is -0.441. The number of hydrogen-bond acceptors (Lipinski definition) is 3. The standard InChI is InChI=1S/C15H15ClN2O3/c1-18(2)14(19)9-17-15(20)13-8-7-12(21-13)10-5-3-4-6-11(10)16/h3-8H,9H2,1-2H3,(H,17,20). The van der Waals surface area contributed by atoms with Crippen LogP contribution in [0.25, 0.3) is 11.3 Å². The molecule has 0 saturated carbocycles. The lowest BCUT2D eigenvalue weighted by molar-refractivity contribution is -0.127. The predicted molar refractivity (Wildman–Crippen MR) is 80.2 cm³/mol. The largest absolute Gasteiger partial charge is 0.451 e. The minimum Gasteiger partial charge on any atom is -0.451 e. The molecule has 2 aromatic rings. The van der Waals surface area contributed by atoms with Gasteiger partial charge in [-0.05, 0) is 24.3 Å². The van der Waals surface area contributed by atoms with E-state index in [9.17, 15) is 9.59 Å². The Morgan fingerprint density at radius 1 is 1.19 bits per heavy atom. The molecule has 0 saturated heterocycles. The summed E-state index contributed by atoms with van der Waals surface area (Å²) in [7, 11) is 3.24.